The van der Waals surface area contributed by atoms with Crippen LogP contribution in [-0.4, -0.2) is 41.6 Å². The second kappa shape index (κ2) is 8.67. The summed E-state index contributed by atoms with van der Waals surface area (Å²) in [5.74, 6) is 0.0773. The molecule has 144 valence electrons. The summed E-state index contributed by atoms with van der Waals surface area (Å²) in [6, 6.07) is 20.0. The zero-order valence-electron chi connectivity index (χ0n) is 16.0. The van der Waals surface area contributed by atoms with E-state index in [1.54, 1.807) is 0 Å². The molecule has 2 aromatic carbocycles. The number of hydrogen-bond acceptors (Lipinski definition) is 4. The molecule has 4 nitrogen and oxygen atoms in total. The van der Waals surface area contributed by atoms with E-state index in [2.05, 4.69) is 0 Å². The molecule has 0 saturated carbocycles. The molecule has 0 bridgehead atoms. The fraction of sp³-hybridized carbons (Fsp3) is 0.304. The molecule has 0 radical (unpaired) electrons. The molecule has 3 aromatic rings. The lowest BCUT2D eigenvalue weighted by molar-refractivity contribution is 0.0148. The van der Waals surface area contributed by atoms with Gasteiger partial charge in [-0.05, 0) is 19.8 Å². The summed E-state index contributed by atoms with van der Waals surface area (Å²) in [6.45, 7) is 4.21. The van der Waals surface area contributed by atoms with Gasteiger partial charge in [0.25, 0.3) is 5.91 Å². The van der Waals surface area contributed by atoms with Crippen LogP contribution in [0.4, 0.5) is 0 Å². The molecule has 1 amide bonds. The second-order valence-electron chi connectivity index (χ2n) is 6.88. The van der Waals surface area contributed by atoms with Gasteiger partial charge in [-0.15, -0.1) is 11.3 Å². The molecule has 0 unspecified atom stereocenters. The molecule has 28 heavy (non-hydrogen) atoms. The van der Waals surface area contributed by atoms with Crippen molar-refractivity contribution in [1.82, 2.24) is 9.88 Å². The highest BCUT2D eigenvalue weighted by Crippen LogP contribution is 2.35. The third-order valence-corrected chi connectivity index (χ3v) is 6.11. The quantitative estimate of drug-likeness (QED) is 0.605. The lowest BCUT2D eigenvalue weighted by Gasteiger charge is -2.31. The number of likely N-dealkylation sites (tertiary alicyclic amines) is 1. The Balaban J connectivity index is 1.65. The Morgan fingerprint density at radius 2 is 1.64 bits per heavy atom. The summed E-state index contributed by atoms with van der Waals surface area (Å²) in [5.41, 5.74) is 2.80. The highest BCUT2D eigenvalue weighted by Gasteiger charge is 2.28. The number of rotatable bonds is 5. The molecule has 5 heteroatoms. The van der Waals surface area contributed by atoms with E-state index in [0.29, 0.717) is 0 Å². The average molecular weight is 393 g/mol. The number of thiazole rings is 1. The monoisotopic (exact) mass is 392 g/mol. The van der Waals surface area contributed by atoms with Crippen LogP contribution in [0.2, 0.25) is 0 Å². The van der Waals surface area contributed by atoms with Crippen molar-refractivity contribution in [1.29, 1.82) is 0 Å². The fourth-order valence-corrected chi connectivity index (χ4v) is 4.63. The Bertz CT molecular complexity index is 916. The third kappa shape index (κ3) is 4.01. The van der Waals surface area contributed by atoms with Crippen LogP contribution in [-0.2, 0) is 4.74 Å². The third-order valence-electron chi connectivity index (χ3n) is 5.02. The van der Waals surface area contributed by atoms with Gasteiger partial charge < -0.3 is 9.64 Å². The van der Waals surface area contributed by atoms with Crippen LogP contribution < -0.4 is 0 Å². The summed E-state index contributed by atoms with van der Waals surface area (Å²) in [7, 11) is 0. The Kier molecular flexibility index (Phi) is 5.84. The summed E-state index contributed by atoms with van der Waals surface area (Å²) in [6.07, 6.45) is 2.05. The molecule has 0 aliphatic carbocycles. The molecule has 1 aliphatic heterocycles. The van der Waals surface area contributed by atoms with Crippen molar-refractivity contribution in [2.24, 2.45) is 0 Å². The lowest BCUT2D eigenvalue weighted by atomic mass is 10.1. The molecular formula is C23H24N2O2S. The Hall–Kier alpha value is -2.50. The number of carbonyl (C=O) groups excluding carboxylic acids is 1. The van der Waals surface area contributed by atoms with Crippen LogP contribution in [0.15, 0.2) is 60.7 Å². The largest absolute Gasteiger partial charge is 0.378 e. The van der Waals surface area contributed by atoms with Gasteiger partial charge in [-0.1, -0.05) is 60.7 Å². The van der Waals surface area contributed by atoms with Gasteiger partial charge in [-0.2, -0.15) is 0 Å². The van der Waals surface area contributed by atoms with Crippen LogP contribution in [0.3, 0.4) is 0 Å². The molecule has 0 N–H and O–H groups in total. The number of ether oxygens (including phenoxy) is 1. The number of piperidine rings is 1. The minimum absolute atomic E-state index is 0.0773. The molecule has 2 heterocycles. The summed E-state index contributed by atoms with van der Waals surface area (Å²) in [5, 5.41) is 0.881. The molecule has 0 spiro atoms. The number of carbonyl (C=O) groups is 1. The maximum absolute atomic E-state index is 13.4. The first-order valence-electron chi connectivity index (χ1n) is 9.78. The van der Waals surface area contributed by atoms with E-state index in [0.717, 1.165) is 59.2 Å². The Labute approximate surface area is 169 Å². The number of hydrogen-bond donors (Lipinski definition) is 0. The van der Waals surface area contributed by atoms with Gasteiger partial charge in [0.15, 0.2) is 0 Å². The van der Waals surface area contributed by atoms with E-state index in [1.165, 1.54) is 11.3 Å². The summed E-state index contributed by atoms with van der Waals surface area (Å²) >= 11 is 1.49. The molecule has 4 rings (SSSR count). The number of nitrogens with zero attached hydrogens (tertiary/aromatic N) is 2. The van der Waals surface area contributed by atoms with Crippen molar-refractivity contribution >= 4 is 17.2 Å². The van der Waals surface area contributed by atoms with E-state index < -0.39 is 0 Å². The van der Waals surface area contributed by atoms with Crippen LogP contribution in [0.5, 0.6) is 0 Å². The first-order valence-corrected chi connectivity index (χ1v) is 10.6. The van der Waals surface area contributed by atoms with E-state index >= 15 is 0 Å². The molecule has 1 saturated heterocycles. The zero-order valence-corrected chi connectivity index (χ0v) is 16.8. The number of aromatic nitrogens is 1. The highest BCUT2D eigenvalue weighted by molar-refractivity contribution is 7.17. The smallest absolute Gasteiger partial charge is 0.266 e. The summed E-state index contributed by atoms with van der Waals surface area (Å²) < 4.78 is 5.72. The fourth-order valence-electron chi connectivity index (χ4n) is 3.57. The first kappa shape index (κ1) is 18.8. The topological polar surface area (TPSA) is 42.4 Å². The second-order valence-corrected chi connectivity index (χ2v) is 7.87. The molecule has 1 fully saturated rings. The lowest BCUT2D eigenvalue weighted by Crippen LogP contribution is -2.40. The summed E-state index contributed by atoms with van der Waals surface area (Å²) in [4.78, 5) is 20.9. The zero-order chi connectivity index (χ0) is 19.3. The van der Waals surface area contributed by atoms with Gasteiger partial charge in [0, 0.05) is 30.8 Å². The van der Waals surface area contributed by atoms with Gasteiger partial charge in [0.2, 0.25) is 0 Å². The maximum Gasteiger partial charge on any atom is 0.266 e. The predicted molar refractivity (Wildman–Crippen MR) is 114 cm³/mol. The van der Waals surface area contributed by atoms with Gasteiger partial charge in [0.05, 0.1) is 11.8 Å². The van der Waals surface area contributed by atoms with Gasteiger partial charge in [0.1, 0.15) is 9.88 Å². The minimum Gasteiger partial charge on any atom is -0.378 e. The molecule has 1 aromatic heterocycles. The number of amides is 1. The standard InChI is InChI=1S/C23H24N2O2S/c1-2-27-19-13-15-25(16-14-19)23(26)21-20(17-9-5-3-6-10-17)24-22(28-21)18-11-7-4-8-12-18/h3-12,19H,2,13-16H2,1H3. The van der Waals surface area contributed by atoms with Crippen LogP contribution in [0, 0.1) is 0 Å². The van der Waals surface area contributed by atoms with Crippen LogP contribution in [0.1, 0.15) is 29.4 Å². The Morgan fingerprint density at radius 1 is 1.04 bits per heavy atom. The maximum atomic E-state index is 13.4. The highest BCUT2D eigenvalue weighted by atomic mass is 32.1. The van der Waals surface area contributed by atoms with E-state index in [4.69, 9.17) is 9.72 Å². The van der Waals surface area contributed by atoms with Crippen molar-refractivity contribution in [3.05, 3.63) is 65.5 Å². The van der Waals surface area contributed by atoms with Crippen molar-refractivity contribution < 1.29 is 9.53 Å². The van der Waals surface area contributed by atoms with Gasteiger partial charge >= 0.3 is 0 Å². The first-order chi connectivity index (χ1) is 13.8. The molecular weight excluding hydrogens is 368 g/mol. The van der Waals surface area contributed by atoms with Crippen molar-refractivity contribution in [3.63, 3.8) is 0 Å². The SMILES string of the molecule is CCOC1CCN(C(=O)c2sc(-c3ccccc3)nc2-c2ccccc2)CC1. The molecule has 1 aliphatic rings. The molecule has 0 atom stereocenters. The van der Waals surface area contributed by atoms with Crippen molar-refractivity contribution in [2.45, 2.75) is 25.9 Å². The van der Waals surface area contributed by atoms with Crippen molar-refractivity contribution in [3.8, 4) is 21.8 Å². The van der Waals surface area contributed by atoms with Crippen LogP contribution >= 0.6 is 11.3 Å². The van der Waals surface area contributed by atoms with E-state index in [9.17, 15) is 4.79 Å². The predicted octanol–water partition coefficient (Wildman–Crippen LogP) is 5.12. The average Bonchev–Trinajstić information content (AvgIpc) is 3.21. The number of benzene rings is 2. The van der Waals surface area contributed by atoms with Crippen molar-refractivity contribution in [2.75, 3.05) is 19.7 Å². The van der Waals surface area contributed by atoms with Gasteiger partial charge in [-0.25, -0.2) is 4.98 Å². The van der Waals surface area contributed by atoms with Gasteiger partial charge in [-0.3, -0.25) is 4.79 Å². The normalized spacial score (nSPS) is 15.0. The van der Waals surface area contributed by atoms with Crippen LogP contribution in [0.25, 0.3) is 21.8 Å². The Morgan fingerprint density at radius 3 is 2.25 bits per heavy atom. The van der Waals surface area contributed by atoms with E-state index in [-0.39, 0.29) is 12.0 Å². The van der Waals surface area contributed by atoms with E-state index in [1.807, 2.05) is 72.5 Å². The minimum atomic E-state index is 0.0773.